The van der Waals surface area contributed by atoms with Crippen LogP contribution in [-0.4, -0.2) is 23.2 Å². The highest BCUT2D eigenvalue weighted by Crippen LogP contribution is 2.50. The zero-order valence-electron chi connectivity index (χ0n) is 11.7. The van der Waals surface area contributed by atoms with Crippen LogP contribution in [0.2, 0.25) is 10.0 Å². The number of aliphatic hydroxyl groups is 1. The normalized spacial score (nSPS) is 31.8. The Morgan fingerprint density at radius 3 is 2.76 bits per heavy atom. The Morgan fingerprint density at radius 1 is 1.24 bits per heavy atom. The summed E-state index contributed by atoms with van der Waals surface area (Å²) < 4.78 is 0. The molecule has 1 amide bonds. The maximum atomic E-state index is 12.3. The third kappa shape index (κ3) is 3.20. The molecule has 0 spiro atoms. The molecule has 4 atom stereocenters. The number of amides is 1. The zero-order valence-corrected chi connectivity index (χ0v) is 13.2. The van der Waals surface area contributed by atoms with Crippen molar-refractivity contribution in [3.8, 4) is 0 Å². The fraction of sp³-hybridized carbons (Fsp3) is 0.562. The van der Waals surface area contributed by atoms with Gasteiger partial charge in [0.2, 0.25) is 5.91 Å². The van der Waals surface area contributed by atoms with Gasteiger partial charge >= 0.3 is 0 Å². The first-order valence-corrected chi connectivity index (χ1v) is 8.26. The molecule has 4 unspecified atom stereocenters. The van der Waals surface area contributed by atoms with E-state index in [-0.39, 0.29) is 23.8 Å². The number of hydrogen-bond acceptors (Lipinski definition) is 2. The van der Waals surface area contributed by atoms with Gasteiger partial charge in [0.05, 0.1) is 22.2 Å². The Balaban J connectivity index is 1.62. The van der Waals surface area contributed by atoms with Gasteiger partial charge in [-0.25, -0.2) is 0 Å². The van der Waals surface area contributed by atoms with Crippen molar-refractivity contribution in [2.24, 2.45) is 5.92 Å². The van der Waals surface area contributed by atoms with E-state index in [2.05, 4.69) is 5.32 Å². The van der Waals surface area contributed by atoms with Crippen molar-refractivity contribution >= 4 is 29.1 Å². The molecule has 21 heavy (non-hydrogen) atoms. The Hall–Kier alpha value is -0.770. The molecule has 0 heterocycles. The summed E-state index contributed by atoms with van der Waals surface area (Å²) in [4.78, 5) is 12.3. The lowest BCUT2D eigenvalue weighted by Gasteiger charge is -2.28. The van der Waals surface area contributed by atoms with Crippen LogP contribution in [0.5, 0.6) is 0 Å². The molecule has 5 heteroatoms. The molecule has 2 N–H and O–H groups in total. The molecule has 114 valence electrons. The largest absolute Gasteiger partial charge is 0.391 e. The van der Waals surface area contributed by atoms with Gasteiger partial charge in [-0.1, -0.05) is 48.2 Å². The first kappa shape index (κ1) is 15.1. The van der Waals surface area contributed by atoms with Crippen LogP contribution in [-0.2, 0) is 4.79 Å². The lowest BCUT2D eigenvalue weighted by molar-refractivity contribution is -0.124. The number of aliphatic hydroxyl groups excluding tert-OH is 1. The summed E-state index contributed by atoms with van der Waals surface area (Å²) in [6, 6.07) is 5.45. The molecule has 2 saturated carbocycles. The van der Waals surface area contributed by atoms with Crippen molar-refractivity contribution in [1.82, 2.24) is 5.32 Å². The van der Waals surface area contributed by atoms with Crippen LogP contribution in [0.15, 0.2) is 18.2 Å². The van der Waals surface area contributed by atoms with Crippen molar-refractivity contribution < 1.29 is 9.90 Å². The zero-order chi connectivity index (χ0) is 15.0. The molecular weight excluding hydrogens is 309 g/mol. The lowest BCUT2D eigenvalue weighted by Crippen LogP contribution is -2.45. The number of carbonyl (C=O) groups excluding carboxylic acids is 1. The van der Waals surface area contributed by atoms with Crippen LogP contribution in [0.1, 0.15) is 43.6 Å². The van der Waals surface area contributed by atoms with Crippen molar-refractivity contribution in [2.75, 3.05) is 0 Å². The predicted octanol–water partition coefficient (Wildman–Crippen LogP) is 3.52. The van der Waals surface area contributed by atoms with Gasteiger partial charge in [-0.05, 0) is 36.8 Å². The van der Waals surface area contributed by atoms with Crippen molar-refractivity contribution in [1.29, 1.82) is 0 Å². The summed E-state index contributed by atoms with van der Waals surface area (Å²) in [6.45, 7) is 0. The molecule has 0 aliphatic heterocycles. The number of benzene rings is 1. The molecule has 0 radical (unpaired) electrons. The summed E-state index contributed by atoms with van der Waals surface area (Å²) >= 11 is 12.2. The monoisotopic (exact) mass is 327 g/mol. The Bertz CT molecular complexity index is 549. The molecule has 2 fully saturated rings. The quantitative estimate of drug-likeness (QED) is 0.892. The SMILES string of the molecule is O=C(NC1CCCCC1O)C1CC1c1cccc(Cl)c1Cl. The van der Waals surface area contributed by atoms with Gasteiger partial charge in [-0.15, -0.1) is 0 Å². The summed E-state index contributed by atoms with van der Waals surface area (Å²) in [5.41, 5.74) is 0.952. The minimum atomic E-state index is -0.408. The van der Waals surface area contributed by atoms with E-state index >= 15 is 0 Å². The Morgan fingerprint density at radius 2 is 2.00 bits per heavy atom. The minimum Gasteiger partial charge on any atom is -0.391 e. The molecular formula is C16H19Cl2NO2. The van der Waals surface area contributed by atoms with Gasteiger partial charge in [0.25, 0.3) is 0 Å². The van der Waals surface area contributed by atoms with E-state index in [9.17, 15) is 9.90 Å². The van der Waals surface area contributed by atoms with Crippen LogP contribution in [0.3, 0.4) is 0 Å². The molecule has 0 saturated heterocycles. The standard InChI is InChI=1S/C16H19Cl2NO2/c17-12-5-3-4-9(15(12)18)10-8-11(10)16(21)19-13-6-1-2-7-14(13)20/h3-5,10-11,13-14,20H,1-2,6-8H2,(H,19,21). The van der Waals surface area contributed by atoms with Crippen molar-refractivity contribution in [3.05, 3.63) is 33.8 Å². The fourth-order valence-corrected chi connectivity index (χ4v) is 3.65. The van der Waals surface area contributed by atoms with Gasteiger partial charge < -0.3 is 10.4 Å². The molecule has 1 aromatic carbocycles. The molecule has 3 nitrogen and oxygen atoms in total. The molecule has 2 aliphatic rings. The maximum absolute atomic E-state index is 12.3. The average Bonchev–Trinajstić information content (AvgIpc) is 3.25. The summed E-state index contributed by atoms with van der Waals surface area (Å²) in [6.07, 6.45) is 4.14. The number of halogens is 2. The summed E-state index contributed by atoms with van der Waals surface area (Å²) in [7, 11) is 0. The van der Waals surface area contributed by atoms with Gasteiger partial charge in [0.15, 0.2) is 0 Å². The van der Waals surface area contributed by atoms with E-state index in [4.69, 9.17) is 23.2 Å². The van der Waals surface area contributed by atoms with E-state index in [0.717, 1.165) is 37.7 Å². The van der Waals surface area contributed by atoms with Gasteiger partial charge in [0.1, 0.15) is 0 Å². The number of rotatable bonds is 3. The highest BCUT2D eigenvalue weighted by Gasteiger charge is 2.45. The second-order valence-electron chi connectivity index (χ2n) is 6.06. The van der Waals surface area contributed by atoms with Gasteiger partial charge in [-0.3, -0.25) is 4.79 Å². The van der Waals surface area contributed by atoms with E-state index in [1.807, 2.05) is 12.1 Å². The fourth-order valence-electron chi connectivity index (χ4n) is 3.20. The van der Waals surface area contributed by atoms with E-state index in [1.54, 1.807) is 6.07 Å². The average molecular weight is 328 g/mol. The van der Waals surface area contributed by atoms with Crippen LogP contribution in [0.25, 0.3) is 0 Å². The van der Waals surface area contributed by atoms with Crippen LogP contribution >= 0.6 is 23.2 Å². The molecule has 0 aromatic heterocycles. The summed E-state index contributed by atoms with van der Waals surface area (Å²) in [5, 5.41) is 14.0. The Labute approximate surface area is 134 Å². The highest BCUT2D eigenvalue weighted by molar-refractivity contribution is 6.42. The Kier molecular flexibility index (Phi) is 4.43. The minimum absolute atomic E-state index is 0.0296. The molecule has 0 bridgehead atoms. The molecule has 3 rings (SSSR count). The van der Waals surface area contributed by atoms with Crippen LogP contribution in [0.4, 0.5) is 0 Å². The smallest absolute Gasteiger partial charge is 0.224 e. The van der Waals surface area contributed by atoms with Gasteiger partial charge in [0, 0.05) is 5.92 Å². The van der Waals surface area contributed by atoms with Crippen LogP contribution in [0, 0.1) is 5.92 Å². The second-order valence-corrected chi connectivity index (χ2v) is 6.84. The van der Waals surface area contributed by atoms with E-state index < -0.39 is 6.10 Å². The third-order valence-electron chi connectivity index (χ3n) is 4.57. The summed E-state index contributed by atoms with van der Waals surface area (Å²) in [5.74, 6) is 0.133. The molecule has 1 aromatic rings. The number of carbonyl (C=O) groups is 1. The first-order chi connectivity index (χ1) is 10.1. The lowest BCUT2D eigenvalue weighted by atomic mass is 9.92. The van der Waals surface area contributed by atoms with E-state index in [1.165, 1.54) is 0 Å². The van der Waals surface area contributed by atoms with Crippen LogP contribution < -0.4 is 5.32 Å². The highest BCUT2D eigenvalue weighted by atomic mass is 35.5. The first-order valence-electron chi connectivity index (χ1n) is 7.50. The van der Waals surface area contributed by atoms with Crippen molar-refractivity contribution in [2.45, 2.75) is 50.2 Å². The molecule has 2 aliphatic carbocycles. The van der Waals surface area contributed by atoms with Gasteiger partial charge in [-0.2, -0.15) is 0 Å². The second kappa shape index (κ2) is 6.15. The van der Waals surface area contributed by atoms with E-state index in [0.29, 0.717) is 10.0 Å². The predicted molar refractivity (Wildman–Crippen MR) is 83.7 cm³/mol. The maximum Gasteiger partial charge on any atom is 0.224 e. The number of hydrogen-bond donors (Lipinski definition) is 2. The topological polar surface area (TPSA) is 49.3 Å². The van der Waals surface area contributed by atoms with Crippen molar-refractivity contribution in [3.63, 3.8) is 0 Å². The number of nitrogens with one attached hydrogen (secondary N) is 1. The third-order valence-corrected chi connectivity index (χ3v) is 5.40.